The Morgan fingerprint density at radius 3 is 2.45 bits per heavy atom. The van der Waals surface area contributed by atoms with Crippen molar-refractivity contribution < 1.29 is 13.2 Å². The van der Waals surface area contributed by atoms with Gasteiger partial charge >= 0.3 is 0 Å². The molecule has 1 rings (SSSR count). The topological polar surface area (TPSA) is 75.3 Å². The van der Waals surface area contributed by atoms with E-state index in [4.69, 9.17) is 0 Å². The molecule has 0 unspecified atom stereocenters. The fourth-order valence-electron chi connectivity index (χ4n) is 1.61. The van der Waals surface area contributed by atoms with Crippen LogP contribution in [0.25, 0.3) is 0 Å². The number of hydrogen-bond acceptors (Lipinski definition) is 3. The van der Waals surface area contributed by atoms with Crippen molar-refractivity contribution >= 4 is 15.9 Å². The zero-order valence-electron chi connectivity index (χ0n) is 12.4. The first-order chi connectivity index (χ1) is 9.15. The lowest BCUT2D eigenvalue weighted by atomic mass is 10.1. The van der Waals surface area contributed by atoms with Crippen LogP contribution < -0.4 is 10.0 Å². The summed E-state index contributed by atoms with van der Waals surface area (Å²) in [5.41, 5.74) is -0.227. The number of amides is 1. The molecule has 0 aliphatic heterocycles. The molecule has 112 valence electrons. The molecule has 0 aromatic heterocycles. The molecule has 0 saturated carbocycles. The summed E-state index contributed by atoms with van der Waals surface area (Å²) in [4.78, 5) is 11.9. The van der Waals surface area contributed by atoms with Crippen molar-refractivity contribution in [3.05, 3.63) is 29.8 Å². The first kappa shape index (κ1) is 16.7. The highest BCUT2D eigenvalue weighted by atomic mass is 32.2. The minimum atomic E-state index is -3.62. The Balaban J connectivity index is 3.01. The van der Waals surface area contributed by atoms with Crippen molar-refractivity contribution in [2.24, 2.45) is 0 Å². The number of hydrogen-bond donors (Lipinski definition) is 2. The highest BCUT2D eigenvalue weighted by molar-refractivity contribution is 7.89. The summed E-state index contributed by atoms with van der Waals surface area (Å²) in [6.45, 7) is 7.82. The first-order valence-electron chi connectivity index (χ1n) is 6.58. The lowest BCUT2D eigenvalue weighted by Gasteiger charge is -2.20. The van der Waals surface area contributed by atoms with E-state index in [-0.39, 0.29) is 10.8 Å². The van der Waals surface area contributed by atoms with Crippen molar-refractivity contribution in [2.45, 2.75) is 44.6 Å². The lowest BCUT2D eigenvalue weighted by molar-refractivity contribution is 0.0953. The number of nitrogens with one attached hydrogen (secondary N) is 2. The predicted molar refractivity (Wildman–Crippen MR) is 79.1 cm³/mol. The largest absolute Gasteiger partial charge is 0.352 e. The number of benzene rings is 1. The Bertz CT molecular complexity index is 574. The highest BCUT2D eigenvalue weighted by Crippen LogP contribution is 2.14. The Labute approximate surface area is 120 Å². The SMILES string of the molecule is CCCNC(=O)c1cccc(S(=O)(=O)NC(C)(C)C)c1. The molecule has 5 nitrogen and oxygen atoms in total. The van der Waals surface area contributed by atoms with Crippen molar-refractivity contribution in [1.82, 2.24) is 10.0 Å². The molecule has 0 fully saturated rings. The van der Waals surface area contributed by atoms with Crippen LogP contribution in [0, 0.1) is 0 Å². The van der Waals surface area contributed by atoms with E-state index < -0.39 is 15.6 Å². The molecule has 0 saturated heterocycles. The van der Waals surface area contributed by atoms with E-state index in [1.165, 1.54) is 12.1 Å². The van der Waals surface area contributed by atoms with Crippen LogP contribution in [0.5, 0.6) is 0 Å². The van der Waals surface area contributed by atoms with Gasteiger partial charge in [0.2, 0.25) is 10.0 Å². The second-order valence-electron chi connectivity index (χ2n) is 5.64. The maximum Gasteiger partial charge on any atom is 0.251 e. The molecule has 20 heavy (non-hydrogen) atoms. The van der Waals surface area contributed by atoms with E-state index in [9.17, 15) is 13.2 Å². The van der Waals surface area contributed by atoms with Crippen LogP contribution in [0.3, 0.4) is 0 Å². The predicted octanol–water partition coefficient (Wildman–Crippen LogP) is 1.90. The summed E-state index contributed by atoms with van der Waals surface area (Å²) in [5.74, 6) is -0.264. The van der Waals surface area contributed by atoms with Crippen LogP contribution in [0.15, 0.2) is 29.2 Å². The van der Waals surface area contributed by atoms with Crippen LogP contribution in [0.2, 0.25) is 0 Å². The summed E-state index contributed by atoms with van der Waals surface area (Å²) >= 11 is 0. The van der Waals surface area contributed by atoms with Crippen molar-refractivity contribution in [2.75, 3.05) is 6.54 Å². The molecule has 6 heteroatoms. The van der Waals surface area contributed by atoms with Crippen LogP contribution in [-0.2, 0) is 10.0 Å². The first-order valence-corrected chi connectivity index (χ1v) is 8.06. The average molecular weight is 298 g/mol. The Morgan fingerprint density at radius 2 is 1.90 bits per heavy atom. The van der Waals surface area contributed by atoms with Crippen LogP contribution >= 0.6 is 0 Å². The normalized spacial score (nSPS) is 12.2. The van der Waals surface area contributed by atoms with E-state index in [0.29, 0.717) is 12.1 Å². The lowest BCUT2D eigenvalue weighted by Crippen LogP contribution is -2.40. The van der Waals surface area contributed by atoms with Crippen LogP contribution in [0.1, 0.15) is 44.5 Å². The van der Waals surface area contributed by atoms with E-state index in [2.05, 4.69) is 10.0 Å². The van der Waals surface area contributed by atoms with Gasteiger partial charge in [0, 0.05) is 17.6 Å². The van der Waals surface area contributed by atoms with E-state index >= 15 is 0 Å². The molecule has 1 aromatic rings. The number of sulfonamides is 1. The van der Waals surface area contributed by atoms with Gasteiger partial charge in [-0.05, 0) is 45.4 Å². The van der Waals surface area contributed by atoms with Crippen LogP contribution in [-0.4, -0.2) is 26.4 Å². The van der Waals surface area contributed by atoms with Gasteiger partial charge in [-0.3, -0.25) is 4.79 Å². The fraction of sp³-hybridized carbons (Fsp3) is 0.500. The summed E-state index contributed by atoms with van der Waals surface area (Å²) in [6, 6.07) is 6.03. The summed E-state index contributed by atoms with van der Waals surface area (Å²) in [7, 11) is -3.62. The van der Waals surface area contributed by atoms with Gasteiger partial charge in [0.15, 0.2) is 0 Å². The second-order valence-corrected chi connectivity index (χ2v) is 7.32. The highest BCUT2D eigenvalue weighted by Gasteiger charge is 2.22. The van der Waals surface area contributed by atoms with Crippen molar-refractivity contribution in [3.8, 4) is 0 Å². The number of carbonyl (C=O) groups excluding carboxylic acids is 1. The second kappa shape index (κ2) is 6.37. The quantitative estimate of drug-likeness (QED) is 0.872. The molecular weight excluding hydrogens is 276 g/mol. The van der Waals surface area contributed by atoms with Gasteiger partial charge in [-0.1, -0.05) is 13.0 Å². The number of carbonyl (C=O) groups is 1. The number of rotatable bonds is 5. The Hall–Kier alpha value is -1.40. The average Bonchev–Trinajstić information content (AvgIpc) is 2.33. The monoisotopic (exact) mass is 298 g/mol. The molecule has 0 aliphatic carbocycles. The molecule has 0 radical (unpaired) electrons. The molecule has 0 atom stereocenters. The maximum absolute atomic E-state index is 12.2. The third-order valence-corrected chi connectivity index (χ3v) is 4.14. The molecular formula is C14H22N2O3S. The molecule has 0 heterocycles. The minimum Gasteiger partial charge on any atom is -0.352 e. The van der Waals surface area contributed by atoms with Gasteiger partial charge in [0.25, 0.3) is 5.91 Å². The molecule has 0 aliphatic rings. The molecule has 0 spiro atoms. The van der Waals surface area contributed by atoms with Crippen LogP contribution in [0.4, 0.5) is 0 Å². The van der Waals surface area contributed by atoms with Gasteiger partial charge in [-0.25, -0.2) is 13.1 Å². The van der Waals surface area contributed by atoms with Gasteiger partial charge in [0.1, 0.15) is 0 Å². The third kappa shape index (κ3) is 4.94. The standard InChI is InChI=1S/C14H22N2O3S/c1-5-9-15-13(17)11-7-6-8-12(10-11)20(18,19)16-14(2,3)4/h6-8,10,16H,5,9H2,1-4H3,(H,15,17). The zero-order valence-corrected chi connectivity index (χ0v) is 13.2. The van der Waals surface area contributed by atoms with Crippen molar-refractivity contribution in [1.29, 1.82) is 0 Å². The van der Waals surface area contributed by atoms with Gasteiger partial charge < -0.3 is 5.32 Å². The summed E-state index contributed by atoms with van der Waals surface area (Å²) < 4.78 is 26.9. The van der Waals surface area contributed by atoms with Gasteiger partial charge in [-0.15, -0.1) is 0 Å². The fourth-order valence-corrected chi connectivity index (χ4v) is 3.07. The van der Waals surface area contributed by atoms with E-state index in [1.807, 2.05) is 6.92 Å². The van der Waals surface area contributed by atoms with E-state index in [1.54, 1.807) is 32.9 Å². The molecule has 0 bridgehead atoms. The smallest absolute Gasteiger partial charge is 0.251 e. The van der Waals surface area contributed by atoms with E-state index in [0.717, 1.165) is 6.42 Å². The van der Waals surface area contributed by atoms with Gasteiger partial charge in [0.05, 0.1) is 4.90 Å². The maximum atomic E-state index is 12.2. The van der Waals surface area contributed by atoms with Crippen molar-refractivity contribution in [3.63, 3.8) is 0 Å². The molecule has 1 amide bonds. The zero-order chi connectivity index (χ0) is 15.4. The minimum absolute atomic E-state index is 0.0940. The summed E-state index contributed by atoms with van der Waals surface area (Å²) in [6.07, 6.45) is 0.829. The molecule has 2 N–H and O–H groups in total. The Kier molecular flexibility index (Phi) is 5.30. The third-order valence-electron chi connectivity index (χ3n) is 2.38. The van der Waals surface area contributed by atoms with Gasteiger partial charge in [-0.2, -0.15) is 0 Å². The molecule has 1 aromatic carbocycles. The summed E-state index contributed by atoms with van der Waals surface area (Å²) in [5, 5.41) is 2.72. The Morgan fingerprint density at radius 1 is 1.25 bits per heavy atom.